The molecule has 5 heteroatoms. The fraction of sp³-hybridized carbons (Fsp3) is 0.0952. The Morgan fingerprint density at radius 2 is 1.69 bits per heavy atom. The molecule has 0 unspecified atom stereocenters. The molecule has 0 amide bonds. The van der Waals surface area contributed by atoms with Crippen molar-refractivity contribution in [1.29, 1.82) is 0 Å². The first kappa shape index (κ1) is 16.0. The van der Waals surface area contributed by atoms with Gasteiger partial charge >= 0.3 is 0 Å². The van der Waals surface area contributed by atoms with E-state index in [9.17, 15) is 0 Å². The maximum absolute atomic E-state index is 5.25. The first-order valence-corrected chi connectivity index (χ1v) is 8.37. The predicted octanol–water partition coefficient (Wildman–Crippen LogP) is 4.06. The zero-order valence-electron chi connectivity index (χ0n) is 14.4. The number of ether oxygens (including phenoxy) is 1. The molecule has 0 fully saturated rings. The molecule has 0 aliphatic heterocycles. The van der Waals surface area contributed by atoms with Gasteiger partial charge < -0.3 is 4.74 Å². The zero-order chi connectivity index (χ0) is 17.8. The van der Waals surface area contributed by atoms with Crippen LogP contribution in [-0.2, 0) is 6.54 Å². The first-order chi connectivity index (χ1) is 12.8. The summed E-state index contributed by atoms with van der Waals surface area (Å²) in [5, 5.41) is 4.74. The Balaban J connectivity index is 1.78. The highest BCUT2D eigenvalue weighted by Crippen LogP contribution is 2.25. The lowest BCUT2D eigenvalue weighted by atomic mass is 10.2. The Labute approximate surface area is 151 Å². The van der Waals surface area contributed by atoms with Crippen LogP contribution < -0.4 is 4.74 Å². The third-order valence-corrected chi connectivity index (χ3v) is 4.11. The molecule has 5 nitrogen and oxygen atoms in total. The van der Waals surface area contributed by atoms with Crippen molar-refractivity contribution in [3.05, 3.63) is 84.7 Å². The number of nitrogens with zero attached hydrogens (tertiary/aromatic N) is 4. The molecule has 0 atom stereocenters. The largest absolute Gasteiger partial charge is 0.497 e. The molecule has 0 bridgehead atoms. The highest BCUT2D eigenvalue weighted by molar-refractivity contribution is 5.62. The summed E-state index contributed by atoms with van der Waals surface area (Å²) in [5.41, 5.74) is 3.06. The SMILES string of the molecule is COc1ccc(-c2nc(-c3ccccc3)nn2Cc2cccnc2)cc1. The van der Waals surface area contributed by atoms with Crippen LogP contribution in [0.1, 0.15) is 5.56 Å². The van der Waals surface area contributed by atoms with Crippen molar-refractivity contribution in [3.63, 3.8) is 0 Å². The molecule has 0 N–H and O–H groups in total. The van der Waals surface area contributed by atoms with Crippen molar-refractivity contribution in [3.8, 4) is 28.5 Å². The van der Waals surface area contributed by atoms with Gasteiger partial charge in [-0.25, -0.2) is 9.67 Å². The van der Waals surface area contributed by atoms with E-state index < -0.39 is 0 Å². The van der Waals surface area contributed by atoms with Crippen molar-refractivity contribution < 1.29 is 4.74 Å². The minimum atomic E-state index is 0.606. The van der Waals surface area contributed by atoms with Crippen LogP contribution in [-0.4, -0.2) is 26.9 Å². The maximum Gasteiger partial charge on any atom is 0.181 e. The number of hydrogen-bond acceptors (Lipinski definition) is 4. The molecule has 26 heavy (non-hydrogen) atoms. The molecule has 4 rings (SSSR count). The van der Waals surface area contributed by atoms with Crippen LogP contribution >= 0.6 is 0 Å². The topological polar surface area (TPSA) is 52.8 Å². The third kappa shape index (κ3) is 3.32. The molecular formula is C21H18N4O. The molecule has 0 aliphatic carbocycles. The summed E-state index contributed by atoms with van der Waals surface area (Å²) in [7, 11) is 1.66. The monoisotopic (exact) mass is 342 g/mol. The second kappa shape index (κ2) is 7.19. The number of benzene rings is 2. The van der Waals surface area contributed by atoms with Crippen LogP contribution in [0.3, 0.4) is 0 Å². The van der Waals surface area contributed by atoms with Gasteiger partial charge in [0.25, 0.3) is 0 Å². The van der Waals surface area contributed by atoms with E-state index in [1.165, 1.54) is 0 Å². The lowest BCUT2D eigenvalue weighted by molar-refractivity contribution is 0.415. The van der Waals surface area contributed by atoms with E-state index in [4.69, 9.17) is 14.8 Å². The van der Waals surface area contributed by atoms with Crippen LogP contribution in [0, 0.1) is 0 Å². The van der Waals surface area contributed by atoms with Crippen LogP contribution in [0.5, 0.6) is 5.75 Å². The van der Waals surface area contributed by atoms with E-state index >= 15 is 0 Å². The molecule has 4 aromatic rings. The lowest BCUT2D eigenvalue weighted by Crippen LogP contribution is -2.04. The summed E-state index contributed by atoms with van der Waals surface area (Å²) in [6, 6.07) is 21.8. The number of hydrogen-bond donors (Lipinski definition) is 0. The Morgan fingerprint density at radius 1 is 0.885 bits per heavy atom. The summed E-state index contributed by atoms with van der Waals surface area (Å²) in [6.07, 6.45) is 3.62. The average molecular weight is 342 g/mol. The highest BCUT2D eigenvalue weighted by atomic mass is 16.5. The summed E-state index contributed by atoms with van der Waals surface area (Å²) < 4.78 is 7.17. The van der Waals surface area contributed by atoms with Crippen LogP contribution in [0.2, 0.25) is 0 Å². The normalized spacial score (nSPS) is 10.7. The van der Waals surface area contributed by atoms with Gasteiger partial charge in [-0.2, -0.15) is 5.10 Å². The van der Waals surface area contributed by atoms with E-state index in [-0.39, 0.29) is 0 Å². The Morgan fingerprint density at radius 3 is 2.38 bits per heavy atom. The Bertz CT molecular complexity index is 980. The van der Waals surface area contributed by atoms with E-state index in [2.05, 4.69) is 4.98 Å². The highest BCUT2D eigenvalue weighted by Gasteiger charge is 2.14. The van der Waals surface area contributed by atoms with Gasteiger partial charge in [0.2, 0.25) is 0 Å². The van der Waals surface area contributed by atoms with Crippen molar-refractivity contribution >= 4 is 0 Å². The standard InChI is InChI=1S/C21H18N4O/c1-26-19-11-9-18(10-12-19)21-23-20(17-7-3-2-4-8-17)24-25(21)15-16-6-5-13-22-14-16/h2-14H,15H2,1H3. The average Bonchev–Trinajstić information content (AvgIpc) is 3.13. The minimum absolute atomic E-state index is 0.606. The number of methoxy groups -OCH3 is 1. The molecule has 2 heterocycles. The lowest BCUT2D eigenvalue weighted by Gasteiger charge is -2.06. The molecule has 2 aromatic heterocycles. The molecule has 2 aromatic carbocycles. The fourth-order valence-corrected chi connectivity index (χ4v) is 2.78. The van der Waals surface area contributed by atoms with E-state index in [0.29, 0.717) is 12.4 Å². The second-order valence-corrected chi connectivity index (χ2v) is 5.87. The van der Waals surface area contributed by atoms with Gasteiger partial charge in [0, 0.05) is 23.5 Å². The van der Waals surface area contributed by atoms with Crippen LogP contribution in [0.15, 0.2) is 79.1 Å². The van der Waals surface area contributed by atoms with Crippen molar-refractivity contribution in [2.45, 2.75) is 6.54 Å². The van der Waals surface area contributed by atoms with Gasteiger partial charge in [0.1, 0.15) is 5.75 Å². The summed E-state index contributed by atoms with van der Waals surface area (Å²) in [4.78, 5) is 8.99. The number of pyridine rings is 1. The summed E-state index contributed by atoms with van der Waals surface area (Å²) in [5.74, 6) is 2.34. The molecule has 128 valence electrons. The predicted molar refractivity (Wildman–Crippen MR) is 101 cm³/mol. The van der Waals surface area contributed by atoms with E-state index in [0.717, 1.165) is 28.3 Å². The third-order valence-electron chi connectivity index (χ3n) is 4.11. The molecular weight excluding hydrogens is 324 g/mol. The quantitative estimate of drug-likeness (QED) is 0.549. The van der Waals surface area contributed by atoms with Crippen molar-refractivity contribution in [2.24, 2.45) is 0 Å². The maximum atomic E-state index is 5.25. The van der Waals surface area contributed by atoms with Crippen LogP contribution in [0.25, 0.3) is 22.8 Å². The van der Waals surface area contributed by atoms with Crippen LogP contribution in [0.4, 0.5) is 0 Å². The Kier molecular flexibility index (Phi) is 4.43. The smallest absolute Gasteiger partial charge is 0.181 e. The first-order valence-electron chi connectivity index (χ1n) is 8.37. The number of aromatic nitrogens is 4. The van der Waals surface area contributed by atoms with Gasteiger partial charge in [-0.15, -0.1) is 0 Å². The molecule has 0 aliphatic rings. The van der Waals surface area contributed by atoms with E-state index in [1.807, 2.05) is 77.6 Å². The molecule has 0 spiro atoms. The van der Waals surface area contributed by atoms with E-state index in [1.54, 1.807) is 13.3 Å². The van der Waals surface area contributed by atoms with Crippen molar-refractivity contribution in [2.75, 3.05) is 7.11 Å². The van der Waals surface area contributed by atoms with Gasteiger partial charge in [0.15, 0.2) is 11.6 Å². The summed E-state index contributed by atoms with van der Waals surface area (Å²) >= 11 is 0. The zero-order valence-corrected chi connectivity index (χ0v) is 14.4. The van der Waals surface area contributed by atoms with Gasteiger partial charge in [0.05, 0.1) is 13.7 Å². The van der Waals surface area contributed by atoms with Gasteiger partial charge in [-0.05, 0) is 35.9 Å². The summed E-state index contributed by atoms with van der Waals surface area (Å²) in [6.45, 7) is 0.606. The second-order valence-electron chi connectivity index (χ2n) is 5.87. The van der Waals surface area contributed by atoms with Gasteiger partial charge in [-0.1, -0.05) is 36.4 Å². The molecule has 0 saturated carbocycles. The van der Waals surface area contributed by atoms with Gasteiger partial charge in [-0.3, -0.25) is 4.98 Å². The minimum Gasteiger partial charge on any atom is -0.497 e. The number of rotatable bonds is 5. The van der Waals surface area contributed by atoms with Crippen molar-refractivity contribution in [1.82, 2.24) is 19.7 Å². The molecule has 0 radical (unpaired) electrons. The fourth-order valence-electron chi connectivity index (χ4n) is 2.78. The Hall–Kier alpha value is -3.47. The molecule has 0 saturated heterocycles.